The number of hydrogen-bond acceptors (Lipinski definition) is 4. The highest BCUT2D eigenvalue weighted by atomic mass is 16.5. The lowest BCUT2D eigenvalue weighted by atomic mass is 10.2. The first-order valence-corrected chi connectivity index (χ1v) is 6.61. The van der Waals surface area contributed by atoms with E-state index in [-0.39, 0.29) is 0 Å². The fraction of sp³-hybridized carbons (Fsp3) is 0.400. The second-order valence-electron chi connectivity index (χ2n) is 4.48. The maximum absolute atomic E-state index is 5.36. The van der Waals surface area contributed by atoms with Gasteiger partial charge < -0.3 is 19.4 Å². The van der Waals surface area contributed by atoms with Crippen LogP contribution in [0.1, 0.15) is 5.82 Å². The van der Waals surface area contributed by atoms with Crippen LogP contribution in [0.2, 0.25) is 0 Å². The van der Waals surface area contributed by atoms with Crippen molar-refractivity contribution in [3.63, 3.8) is 0 Å². The molecule has 0 aliphatic heterocycles. The van der Waals surface area contributed by atoms with Crippen LogP contribution in [0.5, 0.6) is 11.5 Å². The predicted molar refractivity (Wildman–Crippen MR) is 80.7 cm³/mol. The van der Waals surface area contributed by atoms with E-state index in [0.29, 0.717) is 11.5 Å². The molecular formula is C15H21N3O2. The molecule has 2 rings (SSSR count). The SMILES string of the molecule is C=CCn1c(CCNC)nc2cc(OC)c(OC)cc21. The summed E-state index contributed by atoms with van der Waals surface area (Å²) in [5, 5.41) is 3.15. The second-order valence-corrected chi connectivity index (χ2v) is 4.48. The van der Waals surface area contributed by atoms with Crippen molar-refractivity contribution in [3.8, 4) is 11.5 Å². The molecule has 5 heteroatoms. The van der Waals surface area contributed by atoms with Gasteiger partial charge in [0.05, 0.1) is 25.3 Å². The minimum absolute atomic E-state index is 0.698. The summed E-state index contributed by atoms with van der Waals surface area (Å²) >= 11 is 0. The van der Waals surface area contributed by atoms with Crippen LogP contribution in [0.3, 0.4) is 0 Å². The van der Waals surface area contributed by atoms with Gasteiger partial charge in [0.25, 0.3) is 0 Å². The molecule has 0 atom stereocenters. The van der Waals surface area contributed by atoms with E-state index in [1.165, 1.54) is 0 Å². The third-order valence-corrected chi connectivity index (χ3v) is 3.24. The Labute approximate surface area is 119 Å². The number of benzene rings is 1. The van der Waals surface area contributed by atoms with E-state index < -0.39 is 0 Å². The van der Waals surface area contributed by atoms with Crippen molar-refractivity contribution >= 4 is 11.0 Å². The lowest BCUT2D eigenvalue weighted by molar-refractivity contribution is 0.355. The summed E-state index contributed by atoms with van der Waals surface area (Å²) in [5.41, 5.74) is 1.95. The van der Waals surface area contributed by atoms with Crippen molar-refractivity contribution in [3.05, 3.63) is 30.6 Å². The van der Waals surface area contributed by atoms with Gasteiger partial charge in [-0.25, -0.2) is 4.98 Å². The van der Waals surface area contributed by atoms with Crippen molar-refractivity contribution in [2.45, 2.75) is 13.0 Å². The van der Waals surface area contributed by atoms with Gasteiger partial charge in [0, 0.05) is 31.6 Å². The molecule has 0 saturated heterocycles. The molecule has 20 heavy (non-hydrogen) atoms. The van der Waals surface area contributed by atoms with Crippen LogP contribution in [0.25, 0.3) is 11.0 Å². The second kappa shape index (κ2) is 6.43. The Bertz CT molecular complexity index is 605. The summed E-state index contributed by atoms with van der Waals surface area (Å²) in [5.74, 6) is 2.44. The van der Waals surface area contributed by atoms with Crippen LogP contribution < -0.4 is 14.8 Å². The van der Waals surface area contributed by atoms with Crippen LogP contribution in [0, 0.1) is 0 Å². The molecule has 2 aromatic rings. The molecule has 1 N–H and O–H groups in total. The standard InChI is InChI=1S/C15H21N3O2/c1-5-8-18-12-10-14(20-4)13(19-3)9-11(12)17-15(18)6-7-16-2/h5,9-10,16H,1,6-8H2,2-4H3. The first-order chi connectivity index (χ1) is 9.74. The van der Waals surface area contributed by atoms with Gasteiger partial charge in [-0.1, -0.05) is 6.08 Å². The van der Waals surface area contributed by atoms with E-state index in [0.717, 1.165) is 36.4 Å². The third kappa shape index (κ3) is 2.63. The highest BCUT2D eigenvalue weighted by Gasteiger charge is 2.14. The first-order valence-electron chi connectivity index (χ1n) is 6.61. The number of hydrogen-bond donors (Lipinski definition) is 1. The van der Waals surface area contributed by atoms with Gasteiger partial charge in [-0.3, -0.25) is 0 Å². The van der Waals surface area contributed by atoms with Crippen LogP contribution >= 0.6 is 0 Å². The van der Waals surface area contributed by atoms with Crippen LogP contribution in [-0.2, 0) is 13.0 Å². The normalized spacial score (nSPS) is 10.8. The smallest absolute Gasteiger partial charge is 0.163 e. The van der Waals surface area contributed by atoms with Gasteiger partial charge in [0.2, 0.25) is 0 Å². The van der Waals surface area contributed by atoms with E-state index in [1.54, 1.807) is 14.2 Å². The highest BCUT2D eigenvalue weighted by Crippen LogP contribution is 2.32. The molecule has 0 fully saturated rings. The number of nitrogens with zero attached hydrogens (tertiary/aromatic N) is 2. The molecule has 0 amide bonds. The molecule has 0 bridgehead atoms. The Hall–Kier alpha value is -2.01. The van der Waals surface area contributed by atoms with Gasteiger partial charge >= 0.3 is 0 Å². The van der Waals surface area contributed by atoms with Crippen molar-refractivity contribution in [1.29, 1.82) is 0 Å². The maximum Gasteiger partial charge on any atom is 0.163 e. The summed E-state index contributed by atoms with van der Waals surface area (Å²) in [6.45, 7) is 5.43. The largest absolute Gasteiger partial charge is 0.493 e. The number of allylic oxidation sites excluding steroid dienone is 1. The topological polar surface area (TPSA) is 48.3 Å². The molecule has 5 nitrogen and oxygen atoms in total. The summed E-state index contributed by atoms with van der Waals surface area (Å²) in [6.07, 6.45) is 2.74. The van der Waals surface area contributed by atoms with Crippen LogP contribution in [-0.4, -0.2) is 37.4 Å². The van der Waals surface area contributed by atoms with E-state index >= 15 is 0 Å². The van der Waals surface area contributed by atoms with Crippen LogP contribution in [0.4, 0.5) is 0 Å². The average molecular weight is 275 g/mol. The number of nitrogens with one attached hydrogen (secondary N) is 1. The molecule has 1 aromatic carbocycles. The van der Waals surface area contributed by atoms with Crippen molar-refractivity contribution < 1.29 is 9.47 Å². The fourth-order valence-corrected chi connectivity index (χ4v) is 2.26. The maximum atomic E-state index is 5.36. The highest BCUT2D eigenvalue weighted by molar-refractivity contribution is 5.80. The predicted octanol–water partition coefficient (Wildman–Crippen LogP) is 2.00. The zero-order valence-corrected chi connectivity index (χ0v) is 12.3. The lowest BCUT2D eigenvalue weighted by Gasteiger charge is -2.09. The monoisotopic (exact) mass is 275 g/mol. The Balaban J connectivity index is 2.57. The molecule has 108 valence electrons. The number of methoxy groups -OCH3 is 2. The molecule has 0 aliphatic rings. The summed E-state index contributed by atoms with van der Waals surface area (Å²) < 4.78 is 12.8. The van der Waals surface area contributed by atoms with Crippen molar-refractivity contribution in [1.82, 2.24) is 14.9 Å². The minimum Gasteiger partial charge on any atom is -0.493 e. The average Bonchev–Trinajstić information content (AvgIpc) is 2.81. The molecule has 0 unspecified atom stereocenters. The molecule has 1 aromatic heterocycles. The molecule has 0 aliphatic carbocycles. The quantitative estimate of drug-likeness (QED) is 0.785. The number of rotatable bonds is 7. The Morgan fingerprint density at radius 3 is 2.60 bits per heavy atom. The van der Waals surface area contributed by atoms with E-state index in [9.17, 15) is 0 Å². The molecule has 0 saturated carbocycles. The van der Waals surface area contributed by atoms with E-state index in [1.807, 2.05) is 25.3 Å². The Morgan fingerprint density at radius 1 is 1.30 bits per heavy atom. The third-order valence-electron chi connectivity index (χ3n) is 3.24. The van der Waals surface area contributed by atoms with Gasteiger partial charge in [0.1, 0.15) is 5.82 Å². The molecule has 0 spiro atoms. The summed E-state index contributed by atoms with van der Waals surface area (Å²) in [6, 6.07) is 3.88. The van der Waals surface area contributed by atoms with Gasteiger partial charge in [0.15, 0.2) is 11.5 Å². The Morgan fingerprint density at radius 2 is 2.00 bits per heavy atom. The number of fused-ring (bicyclic) bond motifs is 1. The number of aromatic nitrogens is 2. The number of likely N-dealkylation sites (N-methyl/N-ethyl adjacent to an activating group) is 1. The van der Waals surface area contributed by atoms with Gasteiger partial charge in [-0.15, -0.1) is 6.58 Å². The van der Waals surface area contributed by atoms with Crippen LogP contribution in [0.15, 0.2) is 24.8 Å². The van der Waals surface area contributed by atoms with Gasteiger partial charge in [-0.2, -0.15) is 0 Å². The minimum atomic E-state index is 0.698. The summed E-state index contributed by atoms with van der Waals surface area (Å²) in [4.78, 5) is 4.69. The lowest BCUT2D eigenvalue weighted by Crippen LogP contribution is -2.14. The fourth-order valence-electron chi connectivity index (χ4n) is 2.26. The van der Waals surface area contributed by atoms with E-state index in [2.05, 4.69) is 16.5 Å². The number of imidazole rings is 1. The zero-order chi connectivity index (χ0) is 14.5. The summed E-state index contributed by atoms with van der Waals surface area (Å²) in [7, 11) is 5.21. The molecule has 0 radical (unpaired) electrons. The first kappa shape index (κ1) is 14.4. The molecule has 1 heterocycles. The molecular weight excluding hydrogens is 254 g/mol. The van der Waals surface area contributed by atoms with Crippen molar-refractivity contribution in [2.75, 3.05) is 27.8 Å². The number of ether oxygens (including phenoxy) is 2. The van der Waals surface area contributed by atoms with Gasteiger partial charge in [-0.05, 0) is 7.05 Å². The van der Waals surface area contributed by atoms with E-state index in [4.69, 9.17) is 14.5 Å². The van der Waals surface area contributed by atoms with Crippen molar-refractivity contribution in [2.24, 2.45) is 0 Å². The zero-order valence-electron chi connectivity index (χ0n) is 12.3. The Kier molecular flexibility index (Phi) is 4.63.